The molecular formula is C68H108N2O15. The summed E-state index contributed by atoms with van der Waals surface area (Å²) in [6, 6.07) is -1.31. The minimum absolute atomic E-state index is 0.0134. The van der Waals surface area contributed by atoms with Crippen molar-refractivity contribution in [2.24, 2.45) is 58.2 Å². The number of esters is 3. The Bertz CT molecular complexity index is 2360. The van der Waals surface area contributed by atoms with E-state index in [1.165, 1.54) is 6.92 Å². The molecule has 0 spiro atoms. The molecule has 0 radical (unpaired) electrons. The van der Waals surface area contributed by atoms with Crippen LogP contribution in [0.1, 0.15) is 218 Å². The number of aliphatic hydroxyl groups excluding tert-OH is 1. The number of nitrogens with zero attached hydrogens (tertiary/aromatic N) is 2. The van der Waals surface area contributed by atoms with Crippen LogP contribution in [0.5, 0.6) is 0 Å². The average molecular weight is 1190 g/mol. The van der Waals surface area contributed by atoms with Crippen LogP contribution >= 0.6 is 0 Å². The molecule has 4 heterocycles. The minimum atomic E-state index is -1.21. The Hall–Kier alpha value is -4.61. The Labute approximate surface area is 508 Å². The van der Waals surface area contributed by atoms with E-state index in [1.54, 1.807) is 63.5 Å². The van der Waals surface area contributed by atoms with E-state index in [0.29, 0.717) is 52.0 Å². The number of amides is 2. The van der Waals surface area contributed by atoms with Gasteiger partial charge in [0.15, 0.2) is 29.2 Å². The van der Waals surface area contributed by atoms with Crippen LogP contribution in [0.2, 0.25) is 0 Å². The number of rotatable bonds is 15. The summed E-state index contributed by atoms with van der Waals surface area (Å²) in [5.41, 5.74) is -1.56. The molecule has 85 heavy (non-hydrogen) atoms. The van der Waals surface area contributed by atoms with Gasteiger partial charge in [-0.1, -0.05) is 91.2 Å². The highest BCUT2D eigenvalue weighted by atomic mass is 16.6. The lowest BCUT2D eigenvalue weighted by molar-refractivity contribution is -0.162. The van der Waals surface area contributed by atoms with Gasteiger partial charge in [-0.15, -0.1) is 13.2 Å². The molecular weight excluding hydrogens is 1080 g/mol. The maximum Gasteiger partial charge on any atom is 0.307 e. The number of hydrogen-bond donors (Lipinski definition) is 1. The Morgan fingerprint density at radius 1 is 0.612 bits per heavy atom. The van der Waals surface area contributed by atoms with Crippen molar-refractivity contribution in [1.82, 2.24) is 9.80 Å². The number of Topliss-reactive ketones (excluding diaryl/α,β-unsaturated/α-hetero) is 4. The molecule has 4 aliphatic heterocycles. The number of ether oxygens (including phenoxy) is 5. The average Bonchev–Trinajstić information content (AvgIpc) is 1.67. The molecule has 480 valence electrons. The minimum Gasteiger partial charge on any atom is -0.460 e. The Morgan fingerprint density at radius 3 is 1.39 bits per heavy atom. The van der Waals surface area contributed by atoms with Crippen molar-refractivity contribution in [3.05, 3.63) is 25.3 Å². The molecule has 0 aromatic carbocycles. The van der Waals surface area contributed by atoms with E-state index in [1.807, 2.05) is 13.8 Å². The Kier molecular flexibility index (Phi) is 26.0. The van der Waals surface area contributed by atoms with Crippen LogP contribution in [0.15, 0.2) is 25.3 Å². The highest BCUT2D eigenvalue weighted by Crippen LogP contribution is 2.66. The first kappa shape index (κ1) is 71.1. The van der Waals surface area contributed by atoms with Crippen LogP contribution in [-0.2, 0) is 66.8 Å². The molecule has 6 fully saturated rings. The second-order valence-electron chi connectivity index (χ2n) is 28.8. The first-order valence-electron chi connectivity index (χ1n) is 32.2. The molecule has 2 unspecified atom stereocenters. The lowest BCUT2D eigenvalue weighted by Gasteiger charge is -2.35. The monoisotopic (exact) mass is 1190 g/mol. The zero-order chi connectivity index (χ0) is 63.4. The number of carbonyl (C=O) groups is 9. The number of aliphatic hydroxyl groups is 1. The fourth-order valence-electron chi connectivity index (χ4n) is 14.2. The number of piperidine rings is 2. The molecule has 6 rings (SSSR count). The standard InChI is InChI=1S/C35H55NO8.C33H53NO7/c1-9-10-17-27(38)32(43-23(3)37)24-16-14-12-11-13-15-18-42-22(2)25(20-29(40)44-34(4,5)6)33(41)36-21-26-30(35(26,7)8)31(36)28(39)19-24;1-8-9-16-25(35)30(38)22-15-13-11-10-12-14-17-40-21(2)23(19-27(37)41-32(3,4)5)31(39)34-20-24-28(33(24,6)7)29(34)26(36)18-22/h9,22,24-26,30-32H,1,10-21H2,2-8H3;8,21-24,28-30,38H,1,9-20H2,2-7H3/t22-,24+,25-,26-,30-,31+,32?;21-,22+,23-,24-,28-,29+,30?/m00/s1. The van der Waals surface area contributed by atoms with Gasteiger partial charge in [-0.3, -0.25) is 43.2 Å². The number of fused-ring (bicyclic) bond motifs is 6. The van der Waals surface area contributed by atoms with E-state index in [2.05, 4.69) is 40.9 Å². The first-order chi connectivity index (χ1) is 39.8. The van der Waals surface area contributed by atoms with Gasteiger partial charge >= 0.3 is 17.9 Å². The Morgan fingerprint density at radius 2 is 0.988 bits per heavy atom. The number of ketones is 4. The topological polar surface area (TPSA) is 226 Å². The lowest BCUT2D eigenvalue weighted by atomic mass is 9.84. The van der Waals surface area contributed by atoms with Gasteiger partial charge in [0.25, 0.3) is 0 Å². The fraction of sp³-hybridized carbons (Fsp3) is 0.809. The molecule has 2 saturated carbocycles. The van der Waals surface area contributed by atoms with Crippen molar-refractivity contribution >= 4 is 52.9 Å². The van der Waals surface area contributed by atoms with Crippen molar-refractivity contribution in [3.8, 4) is 0 Å². The van der Waals surface area contributed by atoms with Gasteiger partial charge in [0, 0.05) is 64.8 Å². The van der Waals surface area contributed by atoms with Crippen LogP contribution < -0.4 is 0 Å². The maximum atomic E-state index is 14.3. The second-order valence-corrected chi connectivity index (χ2v) is 28.8. The Balaban J connectivity index is 0.000000311. The highest BCUT2D eigenvalue weighted by Gasteiger charge is 2.70. The van der Waals surface area contributed by atoms with Crippen molar-refractivity contribution in [2.75, 3.05) is 26.3 Å². The van der Waals surface area contributed by atoms with Gasteiger partial charge in [0.2, 0.25) is 11.8 Å². The molecule has 14 atom stereocenters. The van der Waals surface area contributed by atoms with E-state index in [9.17, 15) is 48.3 Å². The summed E-state index contributed by atoms with van der Waals surface area (Å²) in [6.07, 6.45) is 11.3. The summed E-state index contributed by atoms with van der Waals surface area (Å²) < 4.78 is 29.0. The summed E-state index contributed by atoms with van der Waals surface area (Å²) >= 11 is 0. The normalized spacial score (nSPS) is 31.2. The van der Waals surface area contributed by atoms with Crippen LogP contribution in [0.3, 0.4) is 0 Å². The number of hydrogen-bond acceptors (Lipinski definition) is 15. The van der Waals surface area contributed by atoms with Gasteiger partial charge in [0.1, 0.15) is 17.3 Å². The van der Waals surface area contributed by atoms with Crippen molar-refractivity contribution in [1.29, 1.82) is 0 Å². The van der Waals surface area contributed by atoms with Crippen LogP contribution in [0, 0.1) is 58.2 Å². The van der Waals surface area contributed by atoms with Crippen LogP contribution in [-0.4, -0.2) is 142 Å². The van der Waals surface area contributed by atoms with Crippen molar-refractivity contribution < 1.29 is 71.9 Å². The van der Waals surface area contributed by atoms with Crippen LogP contribution in [0.25, 0.3) is 0 Å². The van der Waals surface area contributed by atoms with Gasteiger partial charge in [-0.25, -0.2) is 0 Å². The van der Waals surface area contributed by atoms with Gasteiger partial charge < -0.3 is 38.6 Å². The number of allylic oxidation sites excluding steroid dienone is 2. The van der Waals surface area contributed by atoms with E-state index in [-0.39, 0.29) is 108 Å². The van der Waals surface area contributed by atoms with Crippen molar-refractivity contribution in [3.63, 3.8) is 0 Å². The fourth-order valence-corrected chi connectivity index (χ4v) is 14.2. The molecule has 2 aliphatic carbocycles. The van der Waals surface area contributed by atoms with Gasteiger partial charge in [0.05, 0.1) is 49.0 Å². The number of carbonyl (C=O) groups excluding carboxylic acids is 9. The second kappa shape index (κ2) is 31.0. The summed E-state index contributed by atoms with van der Waals surface area (Å²) in [7, 11) is 0. The maximum absolute atomic E-state index is 14.3. The molecule has 17 nitrogen and oxygen atoms in total. The predicted octanol–water partition coefficient (Wildman–Crippen LogP) is 10.7. The third-order valence-corrected chi connectivity index (χ3v) is 19.2. The summed E-state index contributed by atoms with van der Waals surface area (Å²) in [5, 5.41) is 11.0. The highest BCUT2D eigenvalue weighted by molar-refractivity contribution is 5.95. The third-order valence-electron chi connectivity index (χ3n) is 19.2. The molecule has 0 bridgehead atoms. The zero-order valence-electron chi connectivity index (χ0n) is 54.2. The zero-order valence-corrected chi connectivity index (χ0v) is 54.2. The summed E-state index contributed by atoms with van der Waals surface area (Å²) in [4.78, 5) is 124. The molecule has 6 aliphatic rings. The predicted molar refractivity (Wildman–Crippen MR) is 323 cm³/mol. The van der Waals surface area contributed by atoms with Crippen LogP contribution in [0.4, 0.5) is 0 Å². The first-order valence-corrected chi connectivity index (χ1v) is 32.2. The molecule has 4 saturated heterocycles. The van der Waals surface area contributed by atoms with Gasteiger partial charge in [-0.2, -0.15) is 0 Å². The van der Waals surface area contributed by atoms with E-state index < -0.39 is 89.3 Å². The molecule has 1 N–H and O–H groups in total. The van der Waals surface area contributed by atoms with E-state index in [4.69, 9.17) is 23.7 Å². The third kappa shape index (κ3) is 19.7. The van der Waals surface area contributed by atoms with E-state index in [0.717, 1.165) is 64.2 Å². The molecule has 2 amide bonds. The van der Waals surface area contributed by atoms with Gasteiger partial charge in [-0.05, 0) is 134 Å². The summed E-state index contributed by atoms with van der Waals surface area (Å²) in [6.45, 7) is 33.4. The van der Waals surface area contributed by atoms with E-state index >= 15 is 0 Å². The quantitative estimate of drug-likeness (QED) is 0.0914. The SMILES string of the molecule is C=CCCC(=O)C(O)[C@@H]1CCCCCCCO[C@@H](C)[C@H](CC(=O)OC(C)(C)C)C(=O)N2C[C@H]3[C@@H]([C@H]2C(=O)C1)C3(C)C.C=CCCC(=O)C(OC(C)=O)[C@@H]1CCCCCCCO[C@@H](C)[C@H](CC(=O)OC(C)(C)C)C(=O)N2C[C@H]3[C@@H]([C@H]2C(=O)C1)C3(C)C. The molecule has 0 aromatic rings. The molecule has 0 aromatic heterocycles. The summed E-state index contributed by atoms with van der Waals surface area (Å²) in [5.74, 6) is -4.87. The molecule has 17 heteroatoms. The largest absolute Gasteiger partial charge is 0.460 e. The smallest absolute Gasteiger partial charge is 0.307 e. The lowest BCUT2D eigenvalue weighted by Crippen LogP contribution is -2.51. The van der Waals surface area contributed by atoms with Crippen molar-refractivity contribution in [2.45, 2.75) is 266 Å².